The van der Waals surface area contributed by atoms with Crippen LogP contribution in [0.3, 0.4) is 0 Å². The lowest BCUT2D eigenvalue weighted by atomic mass is 10.1. The zero-order valence-corrected chi connectivity index (χ0v) is 18.1. The lowest BCUT2D eigenvalue weighted by Gasteiger charge is -2.03. The molecule has 13 heteroatoms. The quantitative estimate of drug-likeness (QED) is 0.554. The standard InChI is InChI=1S/C13H13ClN2O.C4H4ClN3.C2HF3O2/c1-17-12-6-3-10(4-7-12)2-5-11-8-15-9-13(14)16-11;5-3-1-7-2-4(6)8-3;3-2(4,5)1(6)7/h3-4,6-9H,2,5H2,1H3;1-2H,(H2,6,8);(H,6,7). The molecule has 0 aliphatic heterocycles. The van der Waals surface area contributed by atoms with Gasteiger partial charge >= 0.3 is 12.1 Å². The van der Waals surface area contributed by atoms with Crippen molar-refractivity contribution in [2.45, 2.75) is 19.0 Å². The van der Waals surface area contributed by atoms with Crippen LogP contribution in [-0.4, -0.2) is 44.3 Å². The van der Waals surface area contributed by atoms with Crippen LogP contribution in [0.5, 0.6) is 5.75 Å². The van der Waals surface area contributed by atoms with E-state index in [0.29, 0.717) is 16.1 Å². The maximum atomic E-state index is 10.6. The van der Waals surface area contributed by atoms with E-state index in [2.05, 4.69) is 32.1 Å². The van der Waals surface area contributed by atoms with Crippen LogP contribution in [0.15, 0.2) is 49.1 Å². The van der Waals surface area contributed by atoms with E-state index < -0.39 is 12.1 Å². The third kappa shape index (κ3) is 11.3. The highest BCUT2D eigenvalue weighted by molar-refractivity contribution is 6.29. The zero-order valence-electron chi connectivity index (χ0n) is 16.6. The number of carboxylic acids is 1. The lowest BCUT2D eigenvalue weighted by molar-refractivity contribution is -0.192. The monoisotopic (exact) mass is 491 g/mol. The van der Waals surface area contributed by atoms with Crippen molar-refractivity contribution in [2.24, 2.45) is 0 Å². The summed E-state index contributed by atoms with van der Waals surface area (Å²) in [6.07, 6.45) is 2.82. The molecule has 0 amide bonds. The number of benzene rings is 1. The molecule has 1 aromatic carbocycles. The molecule has 0 aliphatic rings. The largest absolute Gasteiger partial charge is 0.497 e. The first kappa shape index (κ1) is 26.9. The average molecular weight is 492 g/mol. The number of carbonyl (C=O) groups is 1. The molecule has 8 nitrogen and oxygen atoms in total. The molecular formula is C19H18Cl2F3N5O3. The van der Waals surface area contributed by atoms with Crippen LogP contribution < -0.4 is 10.5 Å². The number of hydrogen-bond acceptors (Lipinski definition) is 7. The molecule has 0 spiro atoms. The summed E-state index contributed by atoms with van der Waals surface area (Å²) in [5, 5.41) is 7.89. The Balaban J connectivity index is 0.000000284. The van der Waals surface area contributed by atoms with Gasteiger partial charge < -0.3 is 15.6 Å². The van der Waals surface area contributed by atoms with Crippen molar-refractivity contribution in [3.05, 3.63) is 70.6 Å². The van der Waals surface area contributed by atoms with Gasteiger partial charge in [-0.25, -0.2) is 14.8 Å². The zero-order chi connectivity index (χ0) is 24.1. The molecule has 0 aliphatic carbocycles. The Labute approximate surface area is 191 Å². The minimum absolute atomic E-state index is 0.324. The Kier molecular flexibility index (Phi) is 11.1. The number of halogens is 5. The van der Waals surface area contributed by atoms with Gasteiger partial charge in [0.1, 0.15) is 21.9 Å². The van der Waals surface area contributed by atoms with Gasteiger partial charge in [0.15, 0.2) is 0 Å². The highest BCUT2D eigenvalue weighted by Gasteiger charge is 2.38. The molecule has 3 N–H and O–H groups in total. The number of alkyl halides is 3. The molecule has 2 aromatic heterocycles. The summed E-state index contributed by atoms with van der Waals surface area (Å²) in [6, 6.07) is 8.02. The van der Waals surface area contributed by atoms with Gasteiger partial charge in [-0.05, 0) is 30.5 Å². The van der Waals surface area contributed by atoms with Crippen molar-refractivity contribution in [3.63, 3.8) is 0 Å². The van der Waals surface area contributed by atoms with Crippen LogP contribution >= 0.6 is 23.2 Å². The molecule has 0 saturated carbocycles. The number of aliphatic carboxylic acids is 1. The topological polar surface area (TPSA) is 124 Å². The summed E-state index contributed by atoms with van der Waals surface area (Å²) in [5.41, 5.74) is 7.35. The minimum Gasteiger partial charge on any atom is -0.497 e. The number of hydrogen-bond donors (Lipinski definition) is 2. The summed E-state index contributed by atoms with van der Waals surface area (Å²) in [6.45, 7) is 0. The molecule has 3 rings (SSSR count). The summed E-state index contributed by atoms with van der Waals surface area (Å²) in [5.74, 6) is -1.54. The number of methoxy groups -OCH3 is 1. The van der Waals surface area contributed by atoms with Crippen molar-refractivity contribution in [1.29, 1.82) is 0 Å². The third-order valence-electron chi connectivity index (χ3n) is 3.35. The molecule has 2 heterocycles. The predicted molar refractivity (Wildman–Crippen MR) is 113 cm³/mol. The van der Waals surface area contributed by atoms with E-state index in [-0.39, 0.29) is 0 Å². The van der Waals surface area contributed by atoms with Gasteiger partial charge in [-0.1, -0.05) is 35.3 Å². The number of carboxylic acid groups (broad SMARTS) is 1. The highest BCUT2D eigenvalue weighted by Crippen LogP contribution is 2.14. The molecule has 0 unspecified atom stereocenters. The molecule has 0 bridgehead atoms. The number of rotatable bonds is 4. The smallest absolute Gasteiger partial charge is 0.490 e. The molecule has 0 saturated heterocycles. The van der Waals surface area contributed by atoms with Gasteiger partial charge in [0.2, 0.25) is 0 Å². The third-order valence-corrected chi connectivity index (χ3v) is 3.71. The fourth-order valence-electron chi connectivity index (χ4n) is 1.92. The van der Waals surface area contributed by atoms with Crippen molar-refractivity contribution in [3.8, 4) is 5.75 Å². The number of anilines is 1. The Hall–Kier alpha value is -3.18. The number of nitrogens with zero attached hydrogens (tertiary/aromatic N) is 4. The molecule has 32 heavy (non-hydrogen) atoms. The van der Waals surface area contributed by atoms with Gasteiger partial charge in [0.25, 0.3) is 0 Å². The normalized spacial score (nSPS) is 10.2. The second-order valence-corrected chi connectivity index (χ2v) is 6.53. The maximum absolute atomic E-state index is 10.6. The van der Waals surface area contributed by atoms with Crippen LogP contribution in [0.4, 0.5) is 19.0 Å². The van der Waals surface area contributed by atoms with Crippen molar-refractivity contribution in [2.75, 3.05) is 12.8 Å². The molecular weight excluding hydrogens is 474 g/mol. The first-order chi connectivity index (χ1) is 15.0. The van der Waals surface area contributed by atoms with Crippen LogP contribution in [0.25, 0.3) is 0 Å². The Morgan fingerprint density at radius 2 is 1.53 bits per heavy atom. The number of ether oxygens (including phenoxy) is 1. The van der Waals surface area contributed by atoms with E-state index in [1.807, 2.05) is 12.1 Å². The molecule has 0 fully saturated rings. The fourth-order valence-corrected chi connectivity index (χ4v) is 2.24. The fraction of sp³-hybridized carbons (Fsp3) is 0.211. The summed E-state index contributed by atoms with van der Waals surface area (Å²) < 4.78 is 36.8. The first-order valence-electron chi connectivity index (χ1n) is 8.63. The van der Waals surface area contributed by atoms with Gasteiger partial charge in [-0.2, -0.15) is 13.2 Å². The van der Waals surface area contributed by atoms with Crippen LogP contribution in [0.2, 0.25) is 10.3 Å². The number of aryl methyl sites for hydroxylation is 2. The summed E-state index contributed by atoms with van der Waals surface area (Å²) in [7, 11) is 1.66. The first-order valence-corrected chi connectivity index (χ1v) is 9.39. The lowest BCUT2D eigenvalue weighted by Crippen LogP contribution is -2.21. The summed E-state index contributed by atoms with van der Waals surface area (Å²) >= 11 is 11.2. The molecule has 0 atom stereocenters. The minimum atomic E-state index is -5.08. The van der Waals surface area contributed by atoms with Crippen LogP contribution in [-0.2, 0) is 17.6 Å². The van der Waals surface area contributed by atoms with Gasteiger partial charge in [-0.15, -0.1) is 0 Å². The average Bonchev–Trinajstić information content (AvgIpc) is 2.73. The van der Waals surface area contributed by atoms with Gasteiger partial charge in [-0.3, -0.25) is 9.97 Å². The van der Waals surface area contributed by atoms with Gasteiger partial charge in [0, 0.05) is 6.20 Å². The number of aromatic nitrogens is 4. The molecule has 3 aromatic rings. The van der Waals surface area contributed by atoms with E-state index in [1.165, 1.54) is 18.0 Å². The Morgan fingerprint density at radius 3 is 1.94 bits per heavy atom. The van der Waals surface area contributed by atoms with Crippen molar-refractivity contribution >= 4 is 35.0 Å². The second-order valence-electron chi connectivity index (χ2n) is 5.75. The maximum Gasteiger partial charge on any atom is 0.490 e. The van der Waals surface area contributed by atoms with Crippen LogP contribution in [0.1, 0.15) is 11.3 Å². The van der Waals surface area contributed by atoms with E-state index in [9.17, 15) is 13.2 Å². The molecule has 172 valence electrons. The number of nitrogen functional groups attached to an aromatic ring is 1. The Morgan fingerprint density at radius 1 is 1.00 bits per heavy atom. The van der Waals surface area contributed by atoms with E-state index >= 15 is 0 Å². The number of nitrogens with two attached hydrogens (primary N) is 1. The predicted octanol–water partition coefficient (Wildman–Crippen LogP) is 4.27. The van der Waals surface area contributed by atoms with Crippen molar-refractivity contribution < 1.29 is 27.8 Å². The van der Waals surface area contributed by atoms with Gasteiger partial charge in [0.05, 0.1) is 31.4 Å². The van der Waals surface area contributed by atoms with E-state index in [1.54, 1.807) is 19.5 Å². The SMILES string of the molecule is COc1ccc(CCc2cncc(Cl)n2)cc1.Nc1cncc(Cl)n1.O=C(O)C(F)(F)F. The van der Waals surface area contributed by atoms with Crippen LogP contribution in [0, 0.1) is 0 Å². The highest BCUT2D eigenvalue weighted by atomic mass is 35.5. The Bertz CT molecular complexity index is 975. The second kappa shape index (κ2) is 13.3. The van der Waals surface area contributed by atoms with Crippen molar-refractivity contribution in [1.82, 2.24) is 19.9 Å². The van der Waals surface area contributed by atoms with E-state index in [0.717, 1.165) is 24.3 Å². The van der Waals surface area contributed by atoms with E-state index in [4.69, 9.17) is 43.6 Å². The molecule has 0 radical (unpaired) electrons. The summed E-state index contributed by atoms with van der Waals surface area (Å²) in [4.78, 5) is 24.4.